The molecular weight excluding hydrogens is 300 g/mol. The van der Waals surface area contributed by atoms with E-state index in [0.29, 0.717) is 6.04 Å². The van der Waals surface area contributed by atoms with Gasteiger partial charge in [-0.3, -0.25) is 9.69 Å². The van der Waals surface area contributed by atoms with Crippen LogP contribution in [0.15, 0.2) is 24.3 Å². The highest BCUT2D eigenvalue weighted by molar-refractivity contribution is 5.94. The Hall–Kier alpha value is -1.43. The maximum Gasteiger partial charge on any atom is 0.254 e. The number of likely N-dealkylation sites (N-methyl/N-ethyl adjacent to an activating group) is 2. The van der Waals surface area contributed by atoms with E-state index in [1.54, 1.807) is 0 Å². The van der Waals surface area contributed by atoms with Crippen LogP contribution < -0.4 is 5.32 Å². The van der Waals surface area contributed by atoms with Crippen molar-refractivity contribution in [3.05, 3.63) is 35.4 Å². The van der Waals surface area contributed by atoms with Crippen LogP contribution in [0.5, 0.6) is 0 Å². The zero-order chi connectivity index (χ0) is 16.9. The molecule has 24 heavy (non-hydrogen) atoms. The van der Waals surface area contributed by atoms with E-state index in [-0.39, 0.29) is 5.91 Å². The van der Waals surface area contributed by atoms with E-state index < -0.39 is 0 Å². The quantitative estimate of drug-likeness (QED) is 0.882. The van der Waals surface area contributed by atoms with E-state index in [4.69, 9.17) is 0 Å². The first-order valence-electron chi connectivity index (χ1n) is 9.13. The normalized spacial score (nSPS) is 22.9. The number of benzene rings is 1. The first-order chi connectivity index (χ1) is 11.7. The fourth-order valence-electron chi connectivity index (χ4n) is 3.73. The summed E-state index contributed by atoms with van der Waals surface area (Å²) < 4.78 is 0. The van der Waals surface area contributed by atoms with Crippen molar-refractivity contribution in [1.29, 1.82) is 0 Å². The molecule has 0 aliphatic carbocycles. The lowest BCUT2D eigenvalue weighted by Crippen LogP contribution is -2.43. The van der Waals surface area contributed by atoms with E-state index in [9.17, 15) is 4.79 Å². The maximum atomic E-state index is 12.8. The highest BCUT2D eigenvalue weighted by Gasteiger charge is 2.28. The molecule has 0 aromatic heterocycles. The highest BCUT2D eigenvalue weighted by atomic mass is 16.2. The smallest absolute Gasteiger partial charge is 0.254 e. The molecule has 1 aromatic rings. The van der Waals surface area contributed by atoms with Gasteiger partial charge in [0.1, 0.15) is 0 Å². The molecule has 1 N–H and O–H groups in total. The lowest BCUT2D eigenvalue weighted by atomic mass is 10.1. The number of carbonyl (C=O) groups excluding carboxylic acids is 1. The van der Waals surface area contributed by atoms with Crippen LogP contribution in [0.25, 0.3) is 0 Å². The van der Waals surface area contributed by atoms with Crippen LogP contribution >= 0.6 is 0 Å². The maximum absolute atomic E-state index is 12.8. The first kappa shape index (κ1) is 17.4. The Labute approximate surface area is 145 Å². The number of rotatable bonds is 5. The van der Waals surface area contributed by atoms with E-state index >= 15 is 0 Å². The zero-order valence-corrected chi connectivity index (χ0v) is 15.0. The molecule has 1 unspecified atom stereocenters. The summed E-state index contributed by atoms with van der Waals surface area (Å²) in [6.07, 6.45) is 2.22. The Morgan fingerprint density at radius 3 is 2.50 bits per heavy atom. The molecule has 2 heterocycles. The second-order valence-electron chi connectivity index (χ2n) is 7.13. The molecular formula is C19H30N4O. The highest BCUT2D eigenvalue weighted by Crippen LogP contribution is 2.20. The van der Waals surface area contributed by atoms with Gasteiger partial charge >= 0.3 is 0 Å². The summed E-state index contributed by atoms with van der Waals surface area (Å²) in [7, 11) is 4.13. The Kier molecular flexibility index (Phi) is 5.87. The molecule has 5 heteroatoms. The summed E-state index contributed by atoms with van der Waals surface area (Å²) in [5.41, 5.74) is 2.12. The Morgan fingerprint density at radius 2 is 1.83 bits per heavy atom. The molecule has 1 atom stereocenters. The molecule has 5 nitrogen and oxygen atoms in total. The number of nitrogens with zero attached hydrogens (tertiary/aromatic N) is 3. The lowest BCUT2D eigenvalue weighted by molar-refractivity contribution is 0.0737. The van der Waals surface area contributed by atoms with Crippen molar-refractivity contribution < 1.29 is 4.79 Å². The number of hydrogen-bond acceptors (Lipinski definition) is 4. The molecule has 2 aliphatic rings. The van der Waals surface area contributed by atoms with Gasteiger partial charge in [0.25, 0.3) is 5.91 Å². The molecule has 2 fully saturated rings. The van der Waals surface area contributed by atoms with Crippen molar-refractivity contribution in [3.8, 4) is 0 Å². The standard InChI is InChI=1S/C19H30N4O/c1-20-14-18-4-3-9-23(18)19(24)17-7-5-16(6-8-17)15-22-12-10-21(2)11-13-22/h5-8,18,20H,3-4,9-15H2,1-2H3. The number of carbonyl (C=O) groups is 1. The first-order valence-corrected chi connectivity index (χ1v) is 9.13. The second kappa shape index (κ2) is 8.10. The molecule has 0 bridgehead atoms. The van der Waals surface area contributed by atoms with E-state index in [2.05, 4.69) is 34.3 Å². The summed E-state index contributed by atoms with van der Waals surface area (Å²) >= 11 is 0. The fraction of sp³-hybridized carbons (Fsp3) is 0.632. The molecule has 0 saturated carbocycles. The zero-order valence-electron chi connectivity index (χ0n) is 15.0. The molecule has 132 valence electrons. The second-order valence-corrected chi connectivity index (χ2v) is 7.13. The third kappa shape index (κ3) is 4.15. The lowest BCUT2D eigenvalue weighted by Gasteiger charge is -2.32. The predicted octanol–water partition coefficient (Wildman–Crippen LogP) is 1.26. The Morgan fingerprint density at radius 1 is 1.12 bits per heavy atom. The number of hydrogen-bond donors (Lipinski definition) is 1. The van der Waals surface area contributed by atoms with Crippen LogP contribution in [0.1, 0.15) is 28.8 Å². The van der Waals surface area contributed by atoms with Crippen LogP contribution in [0.2, 0.25) is 0 Å². The van der Waals surface area contributed by atoms with Crippen LogP contribution in [-0.4, -0.2) is 80.0 Å². The Bertz CT molecular complexity index is 537. The van der Waals surface area contributed by atoms with Crippen LogP contribution in [0.3, 0.4) is 0 Å². The van der Waals surface area contributed by atoms with Gasteiger partial charge in [-0.1, -0.05) is 12.1 Å². The minimum absolute atomic E-state index is 0.180. The van der Waals surface area contributed by atoms with Gasteiger partial charge in [0, 0.05) is 57.4 Å². The van der Waals surface area contributed by atoms with Gasteiger partial charge in [0.05, 0.1) is 0 Å². The number of likely N-dealkylation sites (tertiary alicyclic amines) is 1. The van der Waals surface area contributed by atoms with Crippen LogP contribution in [0.4, 0.5) is 0 Å². The van der Waals surface area contributed by atoms with Gasteiger partial charge in [-0.05, 0) is 44.6 Å². The summed E-state index contributed by atoms with van der Waals surface area (Å²) in [6, 6.07) is 8.58. The summed E-state index contributed by atoms with van der Waals surface area (Å²) in [5, 5.41) is 3.20. The Balaban J connectivity index is 1.58. The minimum atomic E-state index is 0.180. The van der Waals surface area contributed by atoms with Crippen molar-refractivity contribution in [2.75, 3.05) is 53.4 Å². The van der Waals surface area contributed by atoms with Crippen molar-refractivity contribution >= 4 is 5.91 Å². The van der Waals surface area contributed by atoms with Crippen molar-refractivity contribution in [2.24, 2.45) is 0 Å². The summed E-state index contributed by atoms with van der Waals surface area (Å²) in [4.78, 5) is 19.6. The third-order valence-corrected chi connectivity index (χ3v) is 5.28. The van der Waals surface area contributed by atoms with Crippen molar-refractivity contribution in [3.63, 3.8) is 0 Å². The third-order valence-electron chi connectivity index (χ3n) is 5.28. The van der Waals surface area contributed by atoms with Gasteiger partial charge < -0.3 is 15.1 Å². The summed E-state index contributed by atoms with van der Waals surface area (Å²) in [6.45, 7) is 7.26. The average Bonchev–Trinajstić information content (AvgIpc) is 3.06. The molecule has 1 aromatic carbocycles. The molecule has 0 radical (unpaired) electrons. The van der Waals surface area contributed by atoms with Gasteiger partial charge in [0.15, 0.2) is 0 Å². The molecule has 0 spiro atoms. The van der Waals surface area contributed by atoms with Crippen molar-refractivity contribution in [1.82, 2.24) is 20.0 Å². The number of piperazine rings is 1. The van der Waals surface area contributed by atoms with Gasteiger partial charge in [0.2, 0.25) is 0 Å². The minimum Gasteiger partial charge on any atom is -0.334 e. The molecule has 1 amide bonds. The SMILES string of the molecule is CNCC1CCCN1C(=O)c1ccc(CN2CCN(C)CC2)cc1. The van der Waals surface area contributed by atoms with Crippen LogP contribution in [0, 0.1) is 0 Å². The molecule has 2 saturated heterocycles. The van der Waals surface area contributed by atoms with E-state index in [1.165, 1.54) is 5.56 Å². The van der Waals surface area contributed by atoms with Gasteiger partial charge in [-0.2, -0.15) is 0 Å². The fourth-order valence-corrected chi connectivity index (χ4v) is 3.73. The topological polar surface area (TPSA) is 38.8 Å². The van der Waals surface area contributed by atoms with E-state index in [0.717, 1.165) is 64.2 Å². The average molecular weight is 330 g/mol. The number of amides is 1. The largest absolute Gasteiger partial charge is 0.334 e. The van der Waals surface area contributed by atoms with E-state index in [1.807, 2.05) is 24.1 Å². The van der Waals surface area contributed by atoms with Crippen LogP contribution in [-0.2, 0) is 6.54 Å². The van der Waals surface area contributed by atoms with Crippen molar-refractivity contribution in [2.45, 2.75) is 25.4 Å². The molecule has 2 aliphatic heterocycles. The number of nitrogens with one attached hydrogen (secondary N) is 1. The molecule has 3 rings (SSSR count). The van der Waals surface area contributed by atoms with Gasteiger partial charge in [-0.25, -0.2) is 0 Å². The summed E-state index contributed by atoms with van der Waals surface area (Å²) in [5.74, 6) is 0.180. The monoisotopic (exact) mass is 330 g/mol. The predicted molar refractivity (Wildman–Crippen MR) is 97.2 cm³/mol. The van der Waals surface area contributed by atoms with Gasteiger partial charge in [-0.15, -0.1) is 0 Å².